The lowest BCUT2D eigenvalue weighted by molar-refractivity contribution is -0.137. The molecule has 0 fully saturated rings. The smallest absolute Gasteiger partial charge is 0.262 e. The molecule has 2 aromatic carbocycles. The zero-order valence-electron chi connectivity index (χ0n) is 14.8. The zero-order chi connectivity index (χ0) is 18.5. The molecule has 6 heteroatoms. The van der Waals surface area contributed by atoms with E-state index in [2.05, 4.69) is 9.97 Å². The topological polar surface area (TPSA) is 71.0 Å². The fourth-order valence-corrected chi connectivity index (χ4v) is 3.93. The summed E-state index contributed by atoms with van der Waals surface area (Å²) in [6.45, 7) is 2.57. The SMILES string of the molecule is CC1C(=O)N(Cc2c[nH]c3ccccc23)Cc2nc3ccccc3c(=O)n21. The number of benzene rings is 2. The van der Waals surface area contributed by atoms with Crippen molar-refractivity contribution in [2.45, 2.75) is 26.1 Å². The van der Waals surface area contributed by atoms with E-state index < -0.39 is 6.04 Å². The van der Waals surface area contributed by atoms with Crippen LogP contribution in [-0.2, 0) is 17.9 Å². The number of hydrogen-bond acceptors (Lipinski definition) is 3. The zero-order valence-corrected chi connectivity index (χ0v) is 14.8. The quantitative estimate of drug-likeness (QED) is 0.599. The normalized spacial score (nSPS) is 16.9. The maximum Gasteiger partial charge on any atom is 0.262 e. The largest absolute Gasteiger partial charge is 0.361 e. The van der Waals surface area contributed by atoms with Crippen molar-refractivity contribution < 1.29 is 4.79 Å². The molecule has 1 amide bonds. The maximum atomic E-state index is 13.0. The van der Waals surface area contributed by atoms with Gasteiger partial charge in [0.1, 0.15) is 11.9 Å². The first kappa shape index (κ1) is 15.8. The van der Waals surface area contributed by atoms with Crippen molar-refractivity contribution in [3.63, 3.8) is 0 Å². The van der Waals surface area contributed by atoms with Gasteiger partial charge in [-0.05, 0) is 30.7 Å². The standard InChI is InChI=1S/C21H18N4O2/c1-13-20(26)24(11-14-10-22-17-8-4-2-6-15(14)17)12-19-23-18-9-5-3-7-16(18)21(27)25(13)19/h2-10,13,22H,11-12H2,1H3. The molecule has 1 aliphatic heterocycles. The highest BCUT2D eigenvalue weighted by molar-refractivity contribution is 5.85. The molecule has 1 N–H and O–H groups in total. The van der Waals surface area contributed by atoms with Crippen LogP contribution in [0.1, 0.15) is 24.4 Å². The summed E-state index contributed by atoms with van der Waals surface area (Å²) in [4.78, 5) is 35.5. The molecular weight excluding hydrogens is 340 g/mol. The molecule has 0 saturated heterocycles. The van der Waals surface area contributed by atoms with E-state index in [0.29, 0.717) is 29.8 Å². The Morgan fingerprint density at radius 1 is 1.07 bits per heavy atom. The van der Waals surface area contributed by atoms with E-state index in [1.807, 2.05) is 48.7 Å². The van der Waals surface area contributed by atoms with Gasteiger partial charge in [-0.15, -0.1) is 0 Å². The molecule has 0 spiro atoms. The summed E-state index contributed by atoms with van der Waals surface area (Å²) in [6.07, 6.45) is 1.94. The molecule has 134 valence electrons. The van der Waals surface area contributed by atoms with Crippen molar-refractivity contribution >= 4 is 27.7 Å². The van der Waals surface area contributed by atoms with Crippen molar-refractivity contribution in [2.24, 2.45) is 0 Å². The molecule has 0 bridgehead atoms. The average molecular weight is 358 g/mol. The first-order valence-electron chi connectivity index (χ1n) is 8.97. The second-order valence-corrected chi connectivity index (χ2v) is 6.95. The van der Waals surface area contributed by atoms with Crippen LogP contribution in [0.2, 0.25) is 0 Å². The number of carbonyl (C=O) groups excluding carboxylic acids is 1. The molecule has 1 atom stereocenters. The van der Waals surface area contributed by atoms with Gasteiger partial charge >= 0.3 is 0 Å². The van der Waals surface area contributed by atoms with Gasteiger partial charge < -0.3 is 9.88 Å². The van der Waals surface area contributed by atoms with Crippen molar-refractivity contribution in [1.29, 1.82) is 0 Å². The van der Waals surface area contributed by atoms with Crippen molar-refractivity contribution in [3.8, 4) is 0 Å². The summed E-state index contributed by atoms with van der Waals surface area (Å²) in [5.74, 6) is 0.567. The molecule has 0 radical (unpaired) electrons. The number of amides is 1. The van der Waals surface area contributed by atoms with Gasteiger partial charge in [-0.25, -0.2) is 4.98 Å². The van der Waals surface area contributed by atoms with Crippen molar-refractivity contribution in [1.82, 2.24) is 19.4 Å². The molecule has 1 unspecified atom stereocenters. The predicted octanol–water partition coefficient (Wildman–Crippen LogP) is 2.98. The Bertz CT molecular complexity index is 1250. The van der Waals surface area contributed by atoms with Gasteiger partial charge in [0.15, 0.2) is 0 Å². The summed E-state index contributed by atoms with van der Waals surface area (Å²) < 4.78 is 1.54. The highest BCUT2D eigenvalue weighted by Gasteiger charge is 2.32. The molecule has 1 aliphatic rings. The van der Waals surface area contributed by atoms with Crippen LogP contribution in [0, 0.1) is 0 Å². The Kier molecular flexibility index (Phi) is 3.40. The molecule has 4 aromatic rings. The Labute approximate surface area is 155 Å². The third-order valence-corrected chi connectivity index (χ3v) is 5.31. The predicted molar refractivity (Wildman–Crippen MR) is 103 cm³/mol. The Balaban J connectivity index is 1.58. The van der Waals surface area contributed by atoms with Gasteiger partial charge in [-0.3, -0.25) is 14.2 Å². The molecule has 6 nitrogen and oxygen atoms in total. The average Bonchev–Trinajstić information content (AvgIpc) is 3.09. The minimum absolute atomic E-state index is 0.0630. The van der Waals surface area contributed by atoms with Gasteiger partial charge in [0.2, 0.25) is 5.91 Å². The van der Waals surface area contributed by atoms with E-state index in [1.54, 1.807) is 17.9 Å². The van der Waals surface area contributed by atoms with Gasteiger partial charge in [0.25, 0.3) is 5.56 Å². The molecule has 0 aliphatic carbocycles. The van der Waals surface area contributed by atoms with Crippen LogP contribution in [0.3, 0.4) is 0 Å². The number of rotatable bonds is 2. The highest BCUT2D eigenvalue weighted by atomic mass is 16.2. The van der Waals surface area contributed by atoms with Crippen molar-refractivity contribution in [2.75, 3.05) is 0 Å². The monoisotopic (exact) mass is 358 g/mol. The van der Waals surface area contributed by atoms with Crippen LogP contribution in [0.5, 0.6) is 0 Å². The second kappa shape index (κ2) is 5.81. The van der Waals surface area contributed by atoms with E-state index in [1.165, 1.54) is 4.57 Å². The molecule has 3 heterocycles. The van der Waals surface area contributed by atoms with Crippen LogP contribution in [0.25, 0.3) is 21.8 Å². The number of aromatic amines is 1. The minimum Gasteiger partial charge on any atom is -0.361 e. The van der Waals surface area contributed by atoms with Crippen LogP contribution in [0.4, 0.5) is 0 Å². The van der Waals surface area contributed by atoms with Gasteiger partial charge in [-0.2, -0.15) is 0 Å². The summed E-state index contributed by atoms with van der Waals surface area (Å²) in [5, 5.41) is 1.65. The molecule has 0 saturated carbocycles. The number of nitrogens with one attached hydrogen (secondary N) is 1. The van der Waals surface area contributed by atoms with Gasteiger partial charge in [0, 0.05) is 23.6 Å². The van der Waals surface area contributed by atoms with Crippen LogP contribution in [0.15, 0.2) is 59.5 Å². The molecule has 27 heavy (non-hydrogen) atoms. The summed E-state index contributed by atoms with van der Waals surface area (Å²) >= 11 is 0. The van der Waals surface area contributed by atoms with E-state index >= 15 is 0 Å². The summed E-state index contributed by atoms with van der Waals surface area (Å²) in [5.41, 5.74) is 2.62. The third kappa shape index (κ3) is 2.37. The molecule has 5 rings (SSSR count). The number of fused-ring (bicyclic) bond motifs is 3. The number of carbonyl (C=O) groups is 1. The molecular formula is C21H18N4O2. The Morgan fingerprint density at radius 3 is 2.67 bits per heavy atom. The second-order valence-electron chi connectivity index (χ2n) is 6.95. The van der Waals surface area contributed by atoms with E-state index in [4.69, 9.17) is 0 Å². The molecule has 2 aromatic heterocycles. The van der Waals surface area contributed by atoms with E-state index in [9.17, 15) is 9.59 Å². The van der Waals surface area contributed by atoms with Crippen LogP contribution >= 0.6 is 0 Å². The van der Waals surface area contributed by atoms with Crippen LogP contribution in [-0.4, -0.2) is 25.3 Å². The summed E-state index contributed by atoms with van der Waals surface area (Å²) in [6, 6.07) is 14.7. The first-order chi connectivity index (χ1) is 13.1. The number of H-pyrrole nitrogens is 1. The maximum absolute atomic E-state index is 13.0. The third-order valence-electron chi connectivity index (χ3n) is 5.31. The highest BCUT2D eigenvalue weighted by Crippen LogP contribution is 2.25. The minimum atomic E-state index is -0.566. The first-order valence-corrected chi connectivity index (χ1v) is 8.97. The number of hydrogen-bond donors (Lipinski definition) is 1. The lowest BCUT2D eigenvalue weighted by Crippen LogP contribution is -2.46. The van der Waals surface area contributed by atoms with Gasteiger partial charge in [-0.1, -0.05) is 30.3 Å². The van der Waals surface area contributed by atoms with E-state index in [0.717, 1.165) is 16.5 Å². The van der Waals surface area contributed by atoms with E-state index in [-0.39, 0.29) is 11.5 Å². The number of aromatic nitrogens is 3. The lowest BCUT2D eigenvalue weighted by Gasteiger charge is -2.33. The van der Waals surface area contributed by atoms with Crippen LogP contribution < -0.4 is 5.56 Å². The fraction of sp³-hybridized carbons (Fsp3) is 0.190. The summed E-state index contributed by atoms with van der Waals surface area (Å²) in [7, 11) is 0. The van der Waals surface area contributed by atoms with Gasteiger partial charge in [0.05, 0.1) is 17.4 Å². The lowest BCUT2D eigenvalue weighted by atomic mass is 10.1. The number of para-hydroxylation sites is 2. The number of nitrogens with zero attached hydrogens (tertiary/aromatic N) is 3. The Morgan fingerprint density at radius 2 is 1.81 bits per heavy atom. The van der Waals surface area contributed by atoms with Crippen molar-refractivity contribution in [3.05, 3.63) is 76.5 Å². The Hall–Kier alpha value is -3.41. The fourth-order valence-electron chi connectivity index (χ4n) is 3.93.